The summed E-state index contributed by atoms with van der Waals surface area (Å²) in [4.78, 5) is 17.0. The minimum absolute atomic E-state index is 0.0140. The number of thioether (sulfide) groups is 1. The van der Waals surface area contributed by atoms with Crippen LogP contribution in [0.2, 0.25) is 0 Å². The van der Waals surface area contributed by atoms with Gasteiger partial charge in [0.15, 0.2) is 0 Å². The lowest BCUT2D eigenvalue weighted by molar-refractivity contribution is 0.215. The second-order valence-electron chi connectivity index (χ2n) is 5.16. The van der Waals surface area contributed by atoms with Crippen LogP contribution in [0.5, 0.6) is 0 Å². The summed E-state index contributed by atoms with van der Waals surface area (Å²) < 4.78 is 0. The molecule has 5 heteroatoms. The van der Waals surface area contributed by atoms with E-state index in [-0.39, 0.29) is 11.4 Å². The first-order valence-corrected chi connectivity index (χ1v) is 8.82. The third kappa shape index (κ3) is 3.24. The fourth-order valence-electron chi connectivity index (χ4n) is 2.33. The summed E-state index contributed by atoms with van der Waals surface area (Å²) in [7, 11) is 0. The largest absolute Gasteiger partial charge is 0.323 e. The fraction of sp³-hybridized carbons (Fsp3) is 0.312. The lowest BCUT2D eigenvalue weighted by Gasteiger charge is -2.23. The number of hydrogen-bond acceptors (Lipinski definition) is 3. The highest BCUT2D eigenvalue weighted by Gasteiger charge is 2.31. The first-order valence-electron chi connectivity index (χ1n) is 6.96. The van der Waals surface area contributed by atoms with E-state index in [0.29, 0.717) is 0 Å². The SMILES string of the molecule is Cc1ccc(NC(=O)N2CCS[C@@H]2c2ccc(C)s2)cc1. The van der Waals surface area contributed by atoms with Crippen LogP contribution in [0.3, 0.4) is 0 Å². The summed E-state index contributed by atoms with van der Waals surface area (Å²) >= 11 is 3.61. The summed E-state index contributed by atoms with van der Waals surface area (Å²) in [6.45, 7) is 4.94. The molecule has 1 N–H and O–H groups in total. The van der Waals surface area contributed by atoms with Crippen LogP contribution in [0.15, 0.2) is 36.4 Å². The van der Waals surface area contributed by atoms with Crippen LogP contribution >= 0.6 is 23.1 Å². The number of anilines is 1. The third-order valence-electron chi connectivity index (χ3n) is 3.46. The van der Waals surface area contributed by atoms with Crippen molar-refractivity contribution >= 4 is 34.8 Å². The van der Waals surface area contributed by atoms with Crippen molar-refractivity contribution in [2.45, 2.75) is 19.2 Å². The fourth-order valence-corrected chi connectivity index (χ4v) is 4.70. The Morgan fingerprint density at radius 1 is 1.19 bits per heavy atom. The molecule has 0 unspecified atom stereocenters. The second-order valence-corrected chi connectivity index (χ2v) is 7.67. The number of urea groups is 1. The molecule has 1 aliphatic rings. The molecule has 2 amide bonds. The van der Waals surface area contributed by atoms with Gasteiger partial charge in [0.05, 0.1) is 0 Å². The molecule has 0 bridgehead atoms. The predicted octanol–water partition coefficient (Wildman–Crippen LogP) is 4.64. The van der Waals surface area contributed by atoms with Crippen LogP contribution in [0, 0.1) is 13.8 Å². The molecule has 1 fully saturated rings. The molecule has 1 aliphatic heterocycles. The van der Waals surface area contributed by atoms with E-state index in [2.05, 4.69) is 24.4 Å². The molecule has 0 radical (unpaired) electrons. The van der Waals surface area contributed by atoms with Crippen molar-refractivity contribution in [3.63, 3.8) is 0 Å². The molecule has 0 saturated carbocycles. The maximum atomic E-state index is 12.5. The number of rotatable bonds is 2. The van der Waals surface area contributed by atoms with Crippen LogP contribution in [-0.4, -0.2) is 23.2 Å². The lowest BCUT2D eigenvalue weighted by Crippen LogP contribution is -2.34. The standard InChI is InChI=1S/C16H18N2OS2/c1-11-3-6-13(7-4-11)17-16(19)18-9-10-20-15(18)14-8-5-12(2)21-14/h3-8,15H,9-10H2,1-2H3,(H,17,19)/t15-/m1/s1. The van der Waals surface area contributed by atoms with Gasteiger partial charge < -0.3 is 10.2 Å². The van der Waals surface area contributed by atoms with Gasteiger partial charge in [-0.2, -0.15) is 0 Å². The molecule has 1 atom stereocenters. The summed E-state index contributed by atoms with van der Waals surface area (Å²) in [6, 6.07) is 12.1. The molecular formula is C16H18N2OS2. The summed E-state index contributed by atoms with van der Waals surface area (Å²) in [5.41, 5.74) is 2.04. The van der Waals surface area contributed by atoms with E-state index >= 15 is 0 Å². The second kappa shape index (κ2) is 6.12. The summed E-state index contributed by atoms with van der Waals surface area (Å²) in [5, 5.41) is 3.14. The minimum atomic E-state index is -0.0140. The van der Waals surface area contributed by atoms with E-state index in [1.54, 1.807) is 11.3 Å². The maximum absolute atomic E-state index is 12.5. The maximum Gasteiger partial charge on any atom is 0.323 e. The van der Waals surface area contributed by atoms with Gasteiger partial charge in [0, 0.05) is 27.7 Å². The van der Waals surface area contributed by atoms with Crippen LogP contribution in [0.1, 0.15) is 20.7 Å². The van der Waals surface area contributed by atoms with Crippen molar-refractivity contribution in [2.75, 3.05) is 17.6 Å². The van der Waals surface area contributed by atoms with E-state index in [9.17, 15) is 4.79 Å². The zero-order valence-electron chi connectivity index (χ0n) is 12.1. The van der Waals surface area contributed by atoms with Crippen LogP contribution in [-0.2, 0) is 0 Å². The molecule has 1 aromatic carbocycles. The molecule has 0 aliphatic carbocycles. The van der Waals surface area contributed by atoms with Crippen molar-refractivity contribution in [3.05, 3.63) is 51.7 Å². The van der Waals surface area contributed by atoms with Gasteiger partial charge in [0.25, 0.3) is 0 Å². The van der Waals surface area contributed by atoms with Crippen LogP contribution in [0.4, 0.5) is 10.5 Å². The van der Waals surface area contributed by atoms with Gasteiger partial charge in [0.2, 0.25) is 0 Å². The Morgan fingerprint density at radius 3 is 2.62 bits per heavy atom. The lowest BCUT2D eigenvalue weighted by atomic mass is 10.2. The third-order valence-corrected chi connectivity index (χ3v) is 5.90. The van der Waals surface area contributed by atoms with E-state index < -0.39 is 0 Å². The zero-order chi connectivity index (χ0) is 14.8. The van der Waals surface area contributed by atoms with Gasteiger partial charge in [-0.15, -0.1) is 23.1 Å². The van der Waals surface area contributed by atoms with E-state index in [1.807, 2.05) is 47.9 Å². The number of amides is 2. The number of carbonyl (C=O) groups excluding carboxylic acids is 1. The molecule has 0 spiro atoms. The Labute approximate surface area is 133 Å². The number of nitrogens with zero attached hydrogens (tertiary/aromatic N) is 1. The highest BCUT2D eigenvalue weighted by Crippen LogP contribution is 2.41. The number of nitrogens with one attached hydrogen (secondary N) is 1. The van der Waals surface area contributed by atoms with Gasteiger partial charge in [-0.3, -0.25) is 0 Å². The van der Waals surface area contributed by atoms with Crippen molar-refractivity contribution < 1.29 is 4.79 Å². The Balaban J connectivity index is 1.72. The molecule has 2 heterocycles. The number of hydrogen-bond donors (Lipinski definition) is 1. The van der Waals surface area contributed by atoms with E-state index in [1.165, 1.54) is 15.3 Å². The number of aryl methyl sites for hydroxylation is 2. The highest BCUT2D eigenvalue weighted by atomic mass is 32.2. The number of benzene rings is 1. The molecule has 3 nitrogen and oxygen atoms in total. The monoisotopic (exact) mass is 318 g/mol. The molecule has 1 saturated heterocycles. The van der Waals surface area contributed by atoms with Gasteiger partial charge in [-0.25, -0.2) is 4.79 Å². The predicted molar refractivity (Wildman–Crippen MR) is 91.2 cm³/mol. The van der Waals surface area contributed by atoms with Gasteiger partial charge in [-0.1, -0.05) is 17.7 Å². The van der Waals surface area contributed by atoms with Gasteiger partial charge >= 0.3 is 6.03 Å². The Kier molecular flexibility index (Phi) is 4.22. The van der Waals surface area contributed by atoms with Crippen molar-refractivity contribution in [3.8, 4) is 0 Å². The van der Waals surface area contributed by atoms with Crippen LogP contribution in [0.25, 0.3) is 0 Å². The first-order chi connectivity index (χ1) is 10.1. The summed E-state index contributed by atoms with van der Waals surface area (Å²) in [6.07, 6.45) is 0. The highest BCUT2D eigenvalue weighted by molar-refractivity contribution is 7.99. The normalized spacial score (nSPS) is 18.0. The van der Waals surface area contributed by atoms with Crippen molar-refractivity contribution in [1.82, 2.24) is 4.90 Å². The Hall–Kier alpha value is -1.46. The molecule has 3 rings (SSSR count). The topological polar surface area (TPSA) is 32.3 Å². The van der Waals surface area contributed by atoms with Crippen molar-refractivity contribution in [2.24, 2.45) is 0 Å². The number of carbonyl (C=O) groups is 1. The Bertz CT molecular complexity index is 636. The average molecular weight is 318 g/mol. The molecule has 1 aromatic heterocycles. The zero-order valence-corrected chi connectivity index (χ0v) is 13.8. The molecule has 2 aromatic rings. The minimum Gasteiger partial charge on any atom is -0.308 e. The summed E-state index contributed by atoms with van der Waals surface area (Å²) in [5.74, 6) is 0.989. The van der Waals surface area contributed by atoms with Crippen molar-refractivity contribution in [1.29, 1.82) is 0 Å². The van der Waals surface area contributed by atoms with Gasteiger partial charge in [0.1, 0.15) is 5.37 Å². The number of thiophene rings is 1. The molecule has 21 heavy (non-hydrogen) atoms. The first kappa shape index (κ1) is 14.5. The smallest absolute Gasteiger partial charge is 0.308 e. The van der Waals surface area contributed by atoms with E-state index in [0.717, 1.165) is 18.0 Å². The quantitative estimate of drug-likeness (QED) is 0.874. The molecule has 110 valence electrons. The van der Waals surface area contributed by atoms with Gasteiger partial charge in [-0.05, 0) is 38.1 Å². The van der Waals surface area contributed by atoms with E-state index in [4.69, 9.17) is 0 Å². The Morgan fingerprint density at radius 2 is 1.95 bits per heavy atom. The molecular weight excluding hydrogens is 300 g/mol. The van der Waals surface area contributed by atoms with Crippen LogP contribution < -0.4 is 5.32 Å². The average Bonchev–Trinajstić information content (AvgIpc) is 3.09.